The highest BCUT2D eigenvalue weighted by molar-refractivity contribution is 7.91. The Morgan fingerprint density at radius 2 is 1.96 bits per heavy atom. The number of rotatable bonds is 3. The lowest BCUT2D eigenvalue weighted by molar-refractivity contribution is 0.563. The van der Waals surface area contributed by atoms with Crippen molar-refractivity contribution in [1.29, 1.82) is 0 Å². The number of sulfone groups is 1. The first-order chi connectivity index (χ1) is 11.6. The van der Waals surface area contributed by atoms with Gasteiger partial charge >= 0.3 is 0 Å². The topological polar surface area (TPSA) is 75.2 Å². The minimum Gasteiger partial charge on any atom is -0.369 e. The van der Waals surface area contributed by atoms with Crippen LogP contribution in [0, 0.1) is 0 Å². The maximum Gasteiger partial charge on any atom is 0.225 e. The number of nitrogens with zero attached hydrogens (tertiary/aromatic N) is 3. The van der Waals surface area contributed by atoms with E-state index in [1.807, 2.05) is 6.07 Å². The van der Waals surface area contributed by atoms with Crippen LogP contribution in [0.2, 0.25) is 0 Å². The lowest BCUT2D eigenvalue weighted by Crippen LogP contribution is -2.35. The molecule has 2 fully saturated rings. The molecule has 1 N–H and O–H groups in total. The molecule has 2 saturated heterocycles. The van der Waals surface area contributed by atoms with Crippen molar-refractivity contribution in [3.8, 4) is 0 Å². The normalized spacial score (nSPS) is 23.9. The molecule has 0 spiro atoms. The molecule has 0 aromatic carbocycles. The van der Waals surface area contributed by atoms with Gasteiger partial charge in [0.2, 0.25) is 9.84 Å². The molecule has 0 amide bonds. The van der Waals surface area contributed by atoms with Gasteiger partial charge in [0, 0.05) is 37.6 Å². The third kappa shape index (κ3) is 2.89. The fourth-order valence-corrected chi connectivity index (χ4v) is 4.66. The molecule has 2 atom stereocenters. The van der Waals surface area contributed by atoms with Crippen LogP contribution in [0.3, 0.4) is 0 Å². The summed E-state index contributed by atoms with van der Waals surface area (Å²) in [5, 5.41) is 3.71. The summed E-state index contributed by atoms with van der Waals surface area (Å²) in [6.07, 6.45) is 8.16. The molecular weight excluding hydrogens is 324 g/mol. The van der Waals surface area contributed by atoms with Crippen LogP contribution in [0.1, 0.15) is 19.3 Å². The van der Waals surface area contributed by atoms with Crippen LogP contribution in [-0.4, -0.2) is 43.6 Å². The zero-order chi connectivity index (χ0) is 16.6. The van der Waals surface area contributed by atoms with Crippen molar-refractivity contribution in [3.63, 3.8) is 0 Å². The summed E-state index contributed by atoms with van der Waals surface area (Å²) >= 11 is 0. The van der Waals surface area contributed by atoms with Gasteiger partial charge in [-0.2, -0.15) is 0 Å². The van der Waals surface area contributed by atoms with Crippen molar-refractivity contribution < 1.29 is 8.42 Å². The summed E-state index contributed by atoms with van der Waals surface area (Å²) in [6.45, 7) is 1.93. The standard InChI is InChI=1S/C17H20N4O2S/c22-24(23,16-2-1-8-18-11-16)17-6-5-15(10-19-17)21-9-7-13-3-4-14(12-21)20-13/h1-2,5-6,8,10-11,13-14,20H,3-4,7,9,12H2. The summed E-state index contributed by atoms with van der Waals surface area (Å²) in [4.78, 5) is 10.6. The van der Waals surface area contributed by atoms with Gasteiger partial charge < -0.3 is 10.2 Å². The van der Waals surface area contributed by atoms with Gasteiger partial charge in [0.05, 0.1) is 16.8 Å². The Balaban J connectivity index is 1.57. The van der Waals surface area contributed by atoms with Gasteiger partial charge in [-0.15, -0.1) is 0 Å². The molecule has 4 rings (SSSR count). The number of hydrogen-bond donors (Lipinski definition) is 1. The second-order valence-corrected chi connectivity index (χ2v) is 8.32. The highest BCUT2D eigenvalue weighted by atomic mass is 32.2. The van der Waals surface area contributed by atoms with E-state index in [4.69, 9.17) is 0 Å². The lowest BCUT2D eigenvalue weighted by Gasteiger charge is -2.26. The Kier molecular flexibility index (Phi) is 3.97. The summed E-state index contributed by atoms with van der Waals surface area (Å²) in [7, 11) is -3.61. The van der Waals surface area contributed by atoms with Gasteiger partial charge in [0.25, 0.3) is 0 Å². The van der Waals surface area contributed by atoms with Crippen molar-refractivity contribution in [2.75, 3.05) is 18.0 Å². The van der Waals surface area contributed by atoms with E-state index in [0.29, 0.717) is 12.1 Å². The predicted octanol–water partition coefficient (Wildman–Crippen LogP) is 1.64. The fraction of sp³-hybridized carbons (Fsp3) is 0.412. The number of aromatic nitrogens is 2. The molecule has 2 aliphatic rings. The molecule has 0 radical (unpaired) electrons. The molecule has 7 heteroatoms. The zero-order valence-electron chi connectivity index (χ0n) is 13.3. The maximum atomic E-state index is 12.6. The zero-order valence-corrected chi connectivity index (χ0v) is 14.1. The number of nitrogens with one attached hydrogen (secondary N) is 1. The molecule has 2 aromatic heterocycles. The van der Waals surface area contributed by atoms with Crippen LogP contribution in [0.4, 0.5) is 5.69 Å². The molecular formula is C17H20N4O2S. The summed E-state index contributed by atoms with van der Waals surface area (Å²) in [6, 6.07) is 7.74. The van der Waals surface area contributed by atoms with Gasteiger partial charge in [-0.05, 0) is 43.5 Å². The van der Waals surface area contributed by atoms with Crippen molar-refractivity contribution in [2.24, 2.45) is 0 Å². The predicted molar refractivity (Wildman–Crippen MR) is 90.7 cm³/mol. The molecule has 0 aliphatic carbocycles. The SMILES string of the molecule is O=S(=O)(c1cccnc1)c1ccc(N2CCC3CCC(C2)N3)cn1. The average Bonchev–Trinajstić information content (AvgIpc) is 2.95. The summed E-state index contributed by atoms with van der Waals surface area (Å²) in [5.41, 5.74) is 0.981. The third-order valence-corrected chi connectivity index (χ3v) is 6.48. The van der Waals surface area contributed by atoms with Crippen LogP contribution in [0.15, 0.2) is 52.8 Å². The number of hydrogen-bond acceptors (Lipinski definition) is 6. The van der Waals surface area contributed by atoms with E-state index in [-0.39, 0.29) is 9.92 Å². The molecule has 4 heterocycles. The van der Waals surface area contributed by atoms with Crippen LogP contribution in [0.5, 0.6) is 0 Å². The monoisotopic (exact) mass is 344 g/mol. The van der Waals surface area contributed by atoms with Crippen LogP contribution in [0.25, 0.3) is 0 Å². The van der Waals surface area contributed by atoms with Gasteiger partial charge in [-0.3, -0.25) is 4.98 Å². The van der Waals surface area contributed by atoms with Crippen molar-refractivity contribution in [1.82, 2.24) is 15.3 Å². The van der Waals surface area contributed by atoms with E-state index >= 15 is 0 Å². The Hall–Kier alpha value is -1.99. The van der Waals surface area contributed by atoms with Gasteiger partial charge in [-0.25, -0.2) is 13.4 Å². The van der Waals surface area contributed by atoms with Crippen LogP contribution in [-0.2, 0) is 9.84 Å². The minimum absolute atomic E-state index is 0.0636. The third-order valence-electron chi connectivity index (χ3n) is 4.83. The lowest BCUT2D eigenvalue weighted by atomic mass is 10.1. The molecule has 2 aliphatic heterocycles. The van der Waals surface area contributed by atoms with Gasteiger partial charge in [0.1, 0.15) is 0 Å². The Morgan fingerprint density at radius 1 is 1.08 bits per heavy atom. The number of pyridine rings is 2. The average molecular weight is 344 g/mol. The highest BCUT2D eigenvalue weighted by Gasteiger charge is 2.29. The van der Waals surface area contributed by atoms with E-state index in [2.05, 4.69) is 20.2 Å². The largest absolute Gasteiger partial charge is 0.369 e. The highest BCUT2D eigenvalue weighted by Crippen LogP contribution is 2.25. The quantitative estimate of drug-likeness (QED) is 0.912. The number of fused-ring (bicyclic) bond motifs is 2. The van der Waals surface area contributed by atoms with Gasteiger partial charge in [0.15, 0.2) is 5.03 Å². The fourth-order valence-electron chi connectivity index (χ4n) is 3.52. The molecule has 2 bridgehead atoms. The Bertz CT molecular complexity index is 808. The first-order valence-electron chi connectivity index (χ1n) is 8.25. The summed E-state index contributed by atoms with van der Waals surface area (Å²) in [5.74, 6) is 0. The van der Waals surface area contributed by atoms with E-state index in [9.17, 15) is 8.42 Å². The first kappa shape index (κ1) is 15.5. The molecule has 24 heavy (non-hydrogen) atoms. The van der Waals surface area contributed by atoms with E-state index in [1.54, 1.807) is 24.5 Å². The van der Waals surface area contributed by atoms with E-state index in [1.165, 1.54) is 25.1 Å². The van der Waals surface area contributed by atoms with E-state index < -0.39 is 9.84 Å². The Morgan fingerprint density at radius 3 is 2.71 bits per heavy atom. The number of anilines is 1. The smallest absolute Gasteiger partial charge is 0.225 e. The van der Waals surface area contributed by atoms with Crippen molar-refractivity contribution in [2.45, 2.75) is 41.3 Å². The second kappa shape index (κ2) is 6.14. The molecule has 6 nitrogen and oxygen atoms in total. The van der Waals surface area contributed by atoms with Crippen molar-refractivity contribution in [3.05, 3.63) is 42.9 Å². The first-order valence-corrected chi connectivity index (χ1v) is 9.73. The van der Waals surface area contributed by atoms with Gasteiger partial charge in [-0.1, -0.05) is 0 Å². The molecule has 126 valence electrons. The van der Waals surface area contributed by atoms with Crippen molar-refractivity contribution >= 4 is 15.5 Å². The molecule has 2 aromatic rings. The molecule has 0 saturated carbocycles. The van der Waals surface area contributed by atoms with E-state index in [0.717, 1.165) is 25.2 Å². The van der Waals surface area contributed by atoms with Crippen LogP contribution >= 0.6 is 0 Å². The van der Waals surface area contributed by atoms with Crippen LogP contribution < -0.4 is 10.2 Å². The molecule has 2 unspecified atom stereocenters. The Labute approximate surface area is 141 Å². The maximum absolute atomic E-state index is 12.6. The summed E-state index contributed by atoms with van der Waals surface area (Å²) < 4.78 is 25.1. The minimum atomic E-state index is -3.61. The second-order valence-electron chi connectivity index (χ2n) is 6.42.